The molecule has 1 aliphatic rings. The number of halogens is 1. The van der Waals surface area contributed by atoms with Crippen LogP contribution >= 0.6 is 11.6 Å². The minimum atomic E-state index is 0.262. The van der Waals surface area contributed by atoms with Gasteiger partial charge in [-0.1, -0.05) is 6.92 Å². The number of imidazole rings is 1. The molecule has 0 aliphatic carbocycles. The first-order valence-electron chi connectivity index (χ1n) is 5.85. The topological polar surface area (TPSA) is 57.7 Å². The minimum Gasteiger partial charge on any atom is -0.354 e. The van der Waals surface area contributed by atoms with Crippen molar-refractivity contribution in [2.45, 2.75) is 19.8 Å². The van der Waals surface area contributed by atoms with Crippen molar-refractivity contribution in [2.75, 3.05) is 18.0 Å². The van der Waals surface area contributed by atoms with E-state index in [-0.39, 0.29) is 5.28 Å². The van der Waals surface area contributed by atoms with Crippen LogP contribution in [0.2, 0.25) is 5.28 Å². The zero-order chi connectivity index (χ0) is 11.8. The summed E-state index contributed by atoms with van der Waals surface area (Å²) in [5.41, 5.74) is 1.52. The van der Waals surface area contributed by atoms with Crippen LogP contribution in [-0.4, -0.2) is 33.0 Å². The first-order valence-corrected chi connectivity index (χ1v) is 6.23. The molecule has 0 saturated carbocycles. The van der Waals surface area contributed by atoms with Crippen LogP contribution < -0.4 is 4.90 Å². The Hall–Kier alpha value is -1.36. The summed E-state index contributed by atoms with van der Waals surface area (Å²) in [6, 6.07) is 0. The van der Waals surface area contributed by atoms with E-state index in [0.29, 0.717) is 11.6 Å². The van der Waals surface area contributed by atoms with Gasteiger partial charge in [-0.2, -0.15) is 9.97 Å². The Kier molecular flexibility index (Phi) is 2.63. The lowest BCUT2D eigenvalue weighted by Gasteiger charge is -2.31. The number of fused-ring (bicyclic) bond motifs is 1. The van der Waals surface area contributed by atoms with E-state index in [1.54, 1.807) is 6.33 Å². The number of aromatic amines is 1. The lowest BCUT2D eigenvalue weighted by atomic mass is 10.0. The summed E-state index contributed by atoms with van der Waals surface area (Å²) >= 11 is 5.93. The molecule has 0 aromatic carbocycles. The largest absolute Gasteiger partial charge is 0.354 e. The number of hydrogen-bond acceptors (Lipinski definition) is 4. The van der Waals surface area contributed by atoms with Crippen molar-refractivity contribution in [3.05, 3.63) is 11.6 Å². The number of nitrogens with one attached hydrogen (secondary N) is 1. The zero-order valence-electron chi connectivity index (χ0n) is 9.65. The molecule has 3 rings (SSSR count). The Labute approximate surface area is 104 Å². The molecule has 1 aliphatic heterocycles. The number of rotatable bonds is 1. The zero-order valence-corrected chi connectivity index (χ0v) is 10.4. The van der Waals surface area contributed by atoms with Crippen LogP contribution in [0.5, 0.6) is 0 Å². The molecule has 5 nitrogen and oxygen atoms in total. The van der Waals surface area contributed by atoms with Gasteiger partial charge in [0, 0.05) is 13.1 Å². The van der Waals surface area contributed by atoms with Gasteiger partial charge in [-0.05, 0) is 30.4 Å². The van der Waals surface area contributed by atoms with Gasteiger partial charge in [-0.15, -0.1) is 0 Å². The highest BCUT2D eigenvalue weighted by atomic mass is 35.5. The Morgan fingerprint density at radius 2 is 2.35 bits per heavy atom. The molecule has 6 heteroatoms. The van der Waals surface area contributed by atoms with Crippen LogP contribution in [-0.2, 0) is 0 Å². The Morgan fingerprint density at radius 1 is 1.47 bits per heavy atom. The number of H-pyrrole nitrogens is 1. The third-order valence-electron chi connectivity index (χ3n) is 3.20. The molecule has 1 atom stereocenters. The lowest BCUT2D eigenvalue weighted by Crippen LogP contribution is -2.35. The van der Waals surface area contributed by atoms with Crippen LogP contribution in [0.15, 0.2) is 6.33 Å². The van der Waals surface area contributed by atoms with Crippen LogP contribution in [0.25, 0.3) is 11.2 Å². The molecule has 0 amide bonds. The summed E-state index contributed by atoms with van der Waals surface area (Å²) in [4.78, 5) is 17.9. The molecule has 0 spiro atoms. The summed E-state index contributed by atoms with van der Waals surface area (Å²) in [5, 5.41) is 0.262. The molecular weight excluding hydrogens is 238 g/mol. The maximum absolute atomic E-state index is 5.93. The highest BCUT2D eigenvalue weighted by Crippen LogP contribution is 2.27. The molecule has 17 heavy (non-hydrogen) atoms. The second kappa shape index (κ2) is 4.14. The van der Waals surface area contributed by atoms with Gasteiger partial charge in [-0.25, -0.2) is 4.98 Å². The fourth-order valence-corrected chi connectivity index (χ4v) is 2.56. The van der Waals surface area contributed by atoms with E-state index in [1.807, 2.05) is 0 Å². The quantitative estimate of drug-likeness (QED) is 0.790. The first-order chi connectivity index (χ1) is 8.24. The number of hydrogen-bond donors (Lipinski definition) is 1. The fraction of sp³-hybridized carbons (Fsp3) is 0.545. The van der Waals surface area contributed by atoms with E-state index < -0.39 is 0 Å². The molecular formula is C11H14ClN5. The minimum absolute atomic E-state index is 0.262. The van der Waals surface area contributed by atoms with Gasteiger partial charge in [-0.3, -0.25) is 0 Å². The summed E-state index contributed by atoms with van der Waals surface area (Å²) in [7, 11) is 0. The van der Waals surface area contributed by atoms with Gasteiger partial charge in [0.15, 0.2) is 11.5 Å². The third kappa shape index (κ3) is 1.95. The van der Waals surface area contributed by atoms with Crippen molar-refractivity contribution >= 4 is 28.6 Å². The van der Waals surface area contributed by atoms with E-state index >= 15 is 0 Å². The maximum atomic E-state index is 5.93. The standard InChI is InChI=1S/C11H14ClN5/c1-7-3-2-4-17(5-7)10-8-9(14-6-13-8)15-11(12)16-10/h6-7H,2-5H2,1H3,(H,13,14,15,16). The maximum Gasteiger partial charge on any atom is 0.226 e. The van der Waals surface area contributed by atoms with Crippen molar-refractivity contribution in [3.8, 4) is 0 Å². The summed E-state index contributed by atoms with van der Waals surface area (Å²) in [5.74, 6) is 1.57. The van der Waals surface area contributed by atoms with Crippen molar-refractivity contribution in [1.82, 2.24) is 19.9 Å². The van der Waals surface area contributed by atoms with Crippen LogP contribution in [0.1, 0.15) is 19.8 Å². The molecule has 2 aromatic rings. The highest BCUT2D eigenvalue weighted by molar-refractivity contribution is 6.28. The normalized spacial score (nSPS) is 21.1. The molecule has 0 radical (unpaired) electrons. The Bertz CT molecular complexity index is 538. The van der Waals surface area contributed by atoms with Gasteiger partial charge in [0.25, 0.3) is 0 Å². The van der Waals surface area contributed by atoms with Crippen molar-refractivity contribution in [1.29, 1.82) is 0 Å². The average molecular weight is 252 g/mol. The van der Waals surface area contributed by atoms with Gasteiger partial charge >= 0.3 is 0 Å². The highest BCUT2D eigenvalue weighted by Gasteiger charge is 2.21. The van der Waals surface area contributed by atoms with Crippen LogP contribution in [0.4, 0.5) is 5.82 Å². The third-order valence-corrected chi connectivity index (χ3v) is 3.36. The van der Waals surface area contributed by atoms with Gasteiger partial charge in [0.1, 0.15) is 5.52 Å². The smallest absolute Gasteiger partial charge is 0.226 e. The number of piperidine rings is 1. The number of anilines is 1. The molecule has 1 fully saturated rings. The fourth-order valence-electron chi connectivity index (χ4n) is 2.40. The van der Waals surface area contributed by atoms with Gasteiger partial charge in [0.2, 0.25) is 5.28 Å². The lowest BCUT2D eigenvalue weighted by molar-refractivity contribution is 0.445. The SMILES string of the molecule is CC1CCCN(c2nc(Cl)nc3nc[nH]c23)C1. The van der Waals surface area contributed by atoms with Crippen molar-refractivity contribution in [3.63, 3.8) is 0 Å². The second-order valence-corrected chi connectivity index (χ2v) is 4.95. The first kappa shape index (κ1) is 10.8. The molecule has 3 heterocycles. The monoisotopic (exact) mass is 251 g/mol. The molecule has 1 saturated heterocycles. The Balaban J connectivity index is 2.06. The van der Waals surface area contributed by atoms with Gasteiger partial charge < -0.3 is 9.88 Å². The van der Waals surface area contributed by atoms with Crippen LogP contribution in [0.3, 0.4) is 0 Å². The van der Waals surface area contributed by atoms with E-state index in [0.717, 1.165) is 24.4 Å². The van der Waals surface area contributed by atoms with Gasteiger partial charge in [0.05, 0.1) is 6.33 Å². The van der Waals surface area contributed by atoms with E-state index in [2.05, 4.69) is 31.8 Å². The van der Waals surface area contributed by atoms with Crippen molar-refractivity contribution in [2.24, 2.45) is 5.92 Å². The molecule has 90 valence electrons. The number of nitrogens with zero attached hydrogens (tertiary/aromatic N) is 4. The van der Waals surface area contributed by atoms with Crippen molar-refractivity contribution < 1.29 is 0 Å². The van der Waals surface area contributed by atoms with E-state index in [9.17, 15) is 0 Å². The number of aromatic nitrogens is 4. The van der Waals surface area contributed by atoms with Crippen LogP contribution in [0, 0.1) is 5.92 Å². The van der Waals surface area contributed by atoms with E-state index in [1.165, 1.54) is 12.8 Å². The summed E-state index contributed by atoms with van der Waals surface area (Å²) in [6.45, 7) is 4.30. The molecule has 2 aromatic heterocycles. The summed E-state index contributed by atoms with van der Waals surface area (Å²) < 4.78 is 0. The molecule has 1 N–H and O–H groups in total. The molecule has 0 bridgehead atoms. The molecule has 1 unspecified atom stereocenters. The second-order valence-electron chi connectivity index (χ2n) is 4.61. The predicted molar refractivity (Wildman–Crippen MR) is 67.3 cm³/mol. The average Bonchev–Trinajstić information content (AvgIpc) is 2.75. The summed E-state index contributed by atoms with van der Waals surface area (Å²) in [6.07, 6.45) is 4.10. The predicted octanol–water partition coefficient (Wildman–Crippen LogP) is 2.24. The Morgan fingerprint density at radius 3 is 3.18 bits per heavy atom. The van der Waals surface area contributed by atoms with E-state index in [4.69, 9.17) is 11.6 Å².